The Bertz CT molecular complexity index is 1810. The van der Waals surface area contributed by atoms with Crippen LogP contribution in [0.4, 0.5) is 15.4 Å². The Kier molecular flexibility index (Phi) is 10.8. The Morgan fingerprint density at radius 1 is 1.04 bits per heavy atom. The molecule has 1 saturated heterocycles. The summed E-state index contributed by atoms with van der Waals surface area (Å²) >= 11 is 0. The van der Waals surface area contributed by atoms with E-state index in [0.29, 0.717) is 48.6 Å². The molecule has 4 aromatic rings. The fourth-order valence-electron chi connectivity index (χ4n) is 5.37. The number of carbonyl (C=O) groups excluding carboxylic acids is 3. The number of pyridine rings is 1. The van der Waals surface area contributed by atoms with Crippen LogP contribution in [0.15, 0.2) is 48.8 Å². The summed E-state index contributed by atoms with van der Waals surface area (Å²) in [6.07, 6.45) is 1.95. The molecule has 16 heteroatoms. The Balaban J connectivity index is 1.40. The molecule has 1 aromatic carbocycles. The second-order valence-electron chi connectivity index (χ2n) is 13.2. The van der Waals surface area contributed by atoms with Crippen LogP contribution in [0.3, 0.4) is 0 Å². The van der Waals surface area contributed by atoms with E-state index in [9.17, 15) is 14.4 Å². The second kappa shape index (κ2) is 15.0. The van der Waals surface area contributed by atoms with Gasteiger partial charge in [-0.25, -0.2) is 19.6 Å². The summed E-state index contributed by atoms with van der Waals surface area (Å²) in [7, 11) is 1.76. The third kappa shape index (κ3) is 8.25. The highest BCUT2D eigenvalue weighted by atomic mass is 16.7. The minimum Gasteiger partial charge on any atom is -0.444 e. The number of amides is 2. The highest BCUT2D eigenvalue weighted by Gasteiger charge is 2.34. The number of hydrogen-bond donors (Lipinski definition) is 0. The first kappa shape index (κ1) is 35.9. The molecule has 0 spiro atoms. The molecule has 1 aliphatic rings. The largest absolute Gasteiger partial charge is 0.510 e. The van der Waals surface area contributed by atoms with Crippen molar-refractivity contribution < 1.29 is 28.6 Å². The van der Waals surface area contributed by atoms with Gasteiger partial charge < -0.3 is 14.2 Å². The Hall–Kier alpha value is -5.38. The van der Waals surface area contributed by atoms with Gasteiger partial charge in [-0.1, -0.05) is 25.1 Å². The van der Waals surface area contributed by atoms with E-state index < -0.39 is 24.1 Å². The number of hydrogen-bond acceptors (Lipinski definition) is 12. The molecule has 0 radical (unpaired) electrons. The van der Waals surface area contributed by atoms with Gasteiger partial charge in [0.25, 0.3) is 5.91 Å². The number of carbonyl (C=O) groups is 3. The molecule has 0 bridgehead atoms. The lowest BCUT2D eigenvalue weighted by atomic mass is 10.0. The van der Waals surface area contributed by atoms with Crippen molar-refractivity contribution in [2.45, 2.75) is 79.2 Å². The average Bonchev–Trinajstić information content (AvgIpc) is 3.70. The first-order valence-electron chi connectivity index (χ1n) is 16.5. The number of hydrazine groups is 1. The molecular weight excluding hydrogens is 644 g/mol. The zero-order chi connectivity index (χ0) is 36.2. The zero-order valence-electron chi connectivity index (χ0n) is 29.7. The van der Waals surface area contributed by atoms with E-state index in [1.54, 1.807) is 60.0 Å². The van der Waals surface area contributed by atoms with Crippen molar-refractivity contribution in [3.05, 3.63) is 59.9 Å². The maximum absolute atomic E-state index is 14.3. The van der Waals surface area contributed by atoms with Crippen LogP contribution < -0.4 is 5.01 Å². The summed E-state index contributed by atoms with van der Waals surface area (Å²) in [5.41, 5.74) is 2.62. The highest BCUT2D eigenvalue weighted by Crippen LogP contribution is 2.31. The molecular formula is C34H44N10O6. The molecule has 0 saturated carbocycles. The number of ether oxygens (including phenoxy) is 3. The van der Waals surface area contributed by atoms with E-state index in [1.165, 1.54) is 4.80 Å². The molecule has 0 aliphatic carbocycles. The highest BCUT2D eigenvalue weighted by molar-refractivity contribution is 6.05. The summed E-state index contributed by atoms with van der Waals surface area (Å²) in [6, 6.07) is 10.8. The predicted molar refractivity (Wildman–Crippen MR) is 182 cm³/mol. The summed E-state index contributed by atoms with van der Waals surface area (Å²) in [5.74, 6) is 0.445. The maximum Gasteiger partial charge on any atom is 0.510 e. The quantitative estimate of drug-likeness (QED) is 0.207. The minimum atomic E-state index is -0.820. The summed E-state index contributed by atoms with van der Waals surface area (Å²) < 4.78 is 17.7. The van der Waals surface area contributed by atoms with E-state index in [2.05, 4.69) is 25.5 Å². The molecule has 1 aliphatic heterocycles. The Labute approximate surface area is 290 Å². The van der Waals surface area contributed by atoms with Crippen molar-refractivity contribution >= 4 is 24.0 Å². The van der Waals surface area contributed by atoms with Crippen LogP contribution in [0.5, 0.6) is 0 Å². The zero-order valence-corrected chi connectivity index (χ0v) is 29.7. The van der Waals surface area contributed by atoms with E-state index in [1.807, 2.05) is 63.9 Å². The first-order valence-corrected chi connectivity index (χ1v) is 16.5. The Morgan fingerprint density at radius 3 is 2.44 bits per heavy atom. The number of nitrogens with zero attached hydrogens (tertiary/aromatic N) is 10. The number of anilines is 1. The van der Waals surface area contributed by atoms with Crippen LogP contribution in [0.1, 0.15) is 76.5 Å². The monoisotopic (exact) mass is 688 g/mol. The van der Waals surface area contributed by atoms with E-state index >= 15 is 0 Å². The van der Waals surface area contributed by atoms with Crippen molar-refractivity contribution in [3.63, 3.8) is 0 Å². The number of aryl methyl sites for hydroxylation is 2. The second-order valence-corrected chi connectivity index (χ2v) is 13.2. The number of rotatable bonds is 9. The van der Waals surface area contributed by atoms with Crippen molar-refractivity contribution in [1.29, 1.82) is 0 Å². The topological polar surface area (TPSA) is 163 Å². The van der Waals surface area contributed by atoms with Gasteiger partial charge in [-0.3, -0.25) is 14.4 Å². The molecule has 3 aromatic heterocycles. The van der Waals surface area contributed by atoms with Gasteiger partial charge in [-0.2, -0.15) is 10.1 Å². The number of benzene rings is 1. The molecule has 4 heterocycles. The minimum absolute atomic E-state index is 0.157. The molecule has 1 unspecified atom stereocenters. The van der Waals surface area contributed by atoms with Gasteiger partial charge in [0.15, 0.2) is 5.82 Å². The Morgan fingerprint density at radius 2 is 1.78 bits per heavy atom. The molecule has 5 rings (SSSR count). The van der Waals surface area contributed by atoms with Crippen molar-refractivity contribution in [1.82, 2.24) is 44.9 Å². The van der Waals surface area contributed by atoms with Crippen LogP contribution in [0.2, 0.25) is 0 Å². The van der Waals surface area contributed by atoms with Crippen LogP contribution >= 0.6 is 0 Å². The molecule has 266 valence electrons. The summed E-state index contributed by atoms with van der Waals surface area (Å²) in [4.78, 5) is 46.8. The number of aromatic nitrogens is 7. The standard InChI is InChI=1S/C34H44N10O6/c1-9-27(49-33(47)48-22(2)3)44-38-29(37-39-44)28-26(20-36-40(28)8)24-13-15-25(16-14-24)31(45)43(30-23(4)12-10-17-35-30)42-19-11-18-41(21-42)32(46)50-34(5,6)7/h10,12-17,20,22,27H,9,11,18-19,21H2,1-8H3. The lowest BCUT2D eigenvalue weighted by molar-refractivity contribution is -0.0290. The average molecular weight is 689 g/mol. The van der Waals surface area contributed by atoms with Crippen LogP contribution in [0.25, 0.3) is 22.6 Å². The SMILES string of the molecule is CCC(OC(=O)OC(C)C)n1nnc(-c2c(-c3ccc(C(=O)N(c4ncccc4C)N4CCCN(C(=O)OC(C)(C)C)C4)cc3)cnn2C)n1. The van der Waals surface area contributed by atoms with Gasteiger partial charge >= 0.3 is 12.2 Å². The van der Waals surface area contributed by atoms with Crippen molar-refractivity contribution in [3.8, 4) is 22.6 Å². The lowest BCUT2D eigenvalue weighted by Crippen LogP contribution is -2.57. The van der Waals surface area contributed by atoms with Gasteiger partial charge in [-0.15, -0.1) is 15.0 Å². The lowest BCUT2D eigenvalue weighted by Gasteiger charge is -2.41. The summed E-state index contributed by atoms with van der Waals surface area (Å²) in [5, 5.41) is 20.6. The van der Waals surface area contributed by atoms with Crippen LogP contribution in [-0.2, 0) is 21.3 Å². The number of tetrazole rings is 1. The molecule has 0 N–H and O–H groups in total. The van der Waals surface area contributed by atoms with Gasteiger partial charge in [0.1, 0.15) is 11.3 Å². The van der Waals surface area contributed by atoms with E-state index in [-0.39, 0.29) is 24.5 Å². The molecule has 2 amide bonds. The molecule has 50 heavy (non-hydrogen) atoms. The van der Waals surface area contributed by atoms with Crippen LogP contribution in [0, 0.1) is 6.92 Å². The van der Waals surface area contributed by atoms with Gasteiger partial charge in [0.2, 0.25) is 12.1 Å². The third-order valence-electron chi connectivity index (χ3n) is 7.68. The molecule has 1 atom stereocenters. The summed E-state index contributed by atoms with van der Waals surface area (Å²) in [6.45, 7) is 13.8. The van der Waals surface area contributed by atoms with Crippen LogP contribution in [-0.4, -0.2) is 94.5 Å². The third-order valence-corrected chi connectivity index (χ3v) is 7.68. The smallest absolute Gasteiger partial charge is 0.444 e. The molecule has 1 fully saturated rings. The van der Waals surface area contributed by atoms with Crippen molar-refractivity contribution in [2.75, 3.05) is 24.8 Å². The fourth-order valence-corrected chi connectivity index (χ4v) is 5.37. The predicted octanol–water partition coefficient (Wildman–Crippen LogP) is 5.38. The van der Waals surface area contributed by atoms with Gasteiger partial charge in [0, 0.05) is 43.9 Å². The first-order chi connectivity index (χ1) is 23.8. The van der Waals surface area contributed by atoms with E-state index in [4.69, 9.17) is 14.2 Å². The van der Waals surface area contributed by atoms with Gasteiger partial charge in [-0.05, 0) is 82.5 Å². The van der Waals surface area contributed by atoms with Crippen molar-refractivity contribution in [2.24, 2.45) is 7.05 Å². The van der Waals surface area contributed by atoms with E-state index in [0.717, 1.165) is 11.1 Å². The molecule has 16 nitrogen and oxygen atoms in total. The fraction of sp³-hybridized carbons (Fsp3) is 0.471. The maximum atomic E-state index is 14.3. The van der Waals surface area contributed by atoms with Gasteiger partial charge in [0.05, 0.1) is 19.0 Å². The normalized spacial score (nSPS) is 14.4.